The highest BCUT2D eigenvalue weighted by molar-refractivity contribution is 5.60. The molecule has 2 heteroatoms. The molecule has 0 saturated carbocycles. The molecule has 1 aromatic carbocycles. The Bertz CT molecular complexity index is 299. The molecule has 72 valence electrons. The highest BCUT2D eigenvalue weighted by Gasteiger charge is 2.18. The Balaban J connectivity index is 3.24. The lowest BCUT2D eigenvalue weighted by Gasteiger charge is -2.22. The van der Waals surface area contributed by atoms with E-state index < -0.39 is 0 Å². The van der Waals surface area contributed by atoms with E-state index in [4.69, 9.17) is 10.5 Å². The van der Waals surface area contributed by atoms with Gasteiger partial charge in [-0.05, 0) is 17.0 Å². The highest BCUT2D eigenvalue weighted by atomic mass is 16.5. The van der Waals surface area contributed by atoms with Gasteiger partial charge >= 0.3 is 0 Å². The summed E-state index contributed by atoms with van der Waals surface area (Å²) in [5.74, 6) is 0.757. The summed E-state index contributed by atoms with van der Waals surface area (Å²) >= 11 is 0. The number of hydrogen-bond donors (Lipinski definition) is 1. The maximum atomic E-state index is 5.95. The molecule has 13 heavy (non-hydrogen) atoms. The summed E-state index contributed by atoms with van der Waals surface area (Å²) in [5.41, 5.74) is 7.90. The summed E-state index contributed by atoms with van der Waals surface area (Å²) in [6.45, 7) is 6.41. The van der Waals surface area contributed by atoms with Gasteiger partial charge in [0.1, 0.15) is 5.75 Å². The maximum absolute atomic E-state index is 5.95. The van der Waals surface area contributed by atoms with Crippen molar-refractivity contribution >= 4 is 5.69 Å². The SMILES string of the molecule is COc1cccc(C(C)(C)C)c1N. The van der Waals surface area contributed by atoms with E-state index in [1.54, 1.807) is 7.11 Å². The van der Waals surface area contributed by atoms with Gasteiger partial charge in [0.05, 0.1) is 12.8 Å². The molecule has 0 aliphatic heterocycles. The van der Waals surface area contributed by atoms with Crippen molar-refractivity contribution in [2.24, 2.45) is 0 Å². The van der Waals surface area contributed by atoms with Crippen LogP contribution in [0.4, 0.5) is 5.69 Å². The number of nitrogen functional groups attached to an aromatic ring is 1. The van der Waals surface area contributed by atoms with Crippen LogP contribution in [0.2, 0.25) is 0 Å². The molecule has 1 rings (SSSR count). The third kappa shape index (κ3) is 1.94. The predicted octanol–water partition coefficient (Wildman–Crippen LogP) is 2.57. The van der Waals surface area contributed by atoms with Crippen LogP contribution in [-0.2, 0) is 5.41 Å². The third-order valence-electron chi connectivity index (χ3n) is 2.09. The minimum absolute atomic E-state index is 0.0681. The van der Waals surface area contributed by atoms with Crippen LogP contribution in [0.3, 0.4) is 0 Å². The minimum atomic E-state index is 0.0681. The van der Waals surface area contributed by atoms with Crippen LogP contribution in [0.1, 0.15) is 26.3 Å². The Morgan fingerprint density at radius 3 is 2.31 bits per heavy atom. The van der Waals surface area contributed by atoms with Crippen LogP contribution in [0.5, 0.6) is 5.75 Å². The number of nitrogens with two attached hydrogens (primary N) is 1. The molecule has 0 atom stereocenters. The molecule has 1 aromatic rings. The predicted molar refractivity (Wildman–Crippen MR) is 56.1 cm³/mol. The van der Waals surface area contributed by atoms with Crippen molar-refractivity contribution in [2.75, 3.05) is 12.8 Å². The number of anilines is 1. The summed E-state index contributed by atoms with van der Waals surface area (Å²) < 4.78 is 5.16. The molecular weight excluding hydrogens is 162 g/mol. The summed E-state index contributed by atoms with van der Waals surface area (Å²) in [4.78, 5) is 0. The maximum Gasteiger partial charge on any atom is 0.142 e. The zero-order valence-corrected chi connectivity index (χ0v) is 8.72. The van der Waals surface area contributed by atoms with Gasteiger partial charge in [0.15, 0.2) is 0 Å². The second kappa shape index (κ2) is 3.29. The number of ether oxygens (including phenoxy) is 1. The van der Waals surface area contributed by atoms with Crippen LogP contribution in [0, 0.1) is 0 Å². The van der Waals surface area contributed by atoms with Crippen molar-refractivity contribution in [1.82, 2.24) is 0 Å². The van der Waals surface area contributed by atoms with Crippen molar-refractivity contribution in [3.05, 3.63) is 23.8 Å². The van der Waals surface area contributed by atoms with E-state index in [2.05, 4.69) is 20.8 Å². The van der Waals surface area contributed by atoms with Crippen molar-refractivity contribution in [2.45, 2.75) is 26.2 Å². The van der Waals surface area contributed by atoms with Gasteiger partial charge in [0.2, 0.25) is 0 Å². The summed E-state index contributed by atoms with van der Waals surface area (Å²) in [7, 11) is 1.64. The standard InChI is InChI=1S/C11H17NO/c1-11(2,3)8-6-5-7-9(13-4)10(8)12/h5-7H,12H2,1-4H3. The third-order valence-corrected chi connectivity index (χ3v) is 2.09. The number of benzene rings is 1. The first-order valence-electron chi connectivity index (χ1n) is 4.40. The van der Waals surface area contributed by atoms with E-state index in [1.807, 2.05) is 18.2 Å². The number of para-hydroxylation sites is 1. The first kappa shape index (κ1) is 9.90. The van der Waals surface area contributed by atoms with Gasteiger partial charge in [-0.1, -0.05) is 32.9 Å². The molecule has 0 radical (unpaired) electrons. The van der Waals surface area contributed by atoms with Gasteiger partial charge in [-0.25, -0.2) is 0 Å². The number of rotatable bonds is 1. The van der Waals surface area contributed by atoms with Crippen molar-refractivity contribution < 1.29 is 4.74 Å². The van der Waals surface area contributed by atoms with E-state index in [-0.39, 0.29) is 5.41 Å². The first-order chi connectivity index (χ1) is 5.96. The van der Waals surface area contributed by atoms with Gasteiger partial charge in [-0.15, -0.1) is 0 Å². The molecule has 0 saturated heterocycles. The van der Waals surface area contributed by atoms with Crippen molar-refractivity contribution in [1.29, 1.82) is 0 Å². The summed E-state index contributed by atoms with van der Waals surface area (Å²) in [6, 6.07) is 5.89. The molecule has 2 N–H and O–H groups in total. The van der Waals surface area contributed by atoms with Crippen LogP contribution in [-0.4, -0.2) is 7.11 Å². The molecule has 0 amide bonds. The quantitative estimate of drug-likeness (QED) is 0.672. The Labute approximate surface area is 79.7 Å². The Hall–Kier alpha value is -1.18. The molecule has 0 aromatic heterocycles. The Morgan fingerprint density at radius 1 is 1.23 bits per heavy atom. The van der Waals surface area contributed by atoms with E-state index in [1.165, 1.54) is 0 Å². The van der Waals surface area contributed by atoms with E-state index in [0.717, 1.165) is 17.0 Å². The largest absolute Gasteiger partial charge is 0.495 e. The van der Waals surface area contributed by atoms with Crippen LogP contribution < -0.4 is 10.5 Å². The molecule has 0 heterocycles. The van der Waals surface area contributed by atoms with Gasteiger partial charge in [-0.3, -0.25) is 0 Å². The lowest BCUT2D eigenvalue weighted by molar-refractivity contribution is 0.415. The van der Waals surface area contributed by atoms with Gasteiger partial charge in [0, 0.05) is 0 Å². The second-order valence-corrected chi connectivity index (χ2v) is 4.17. The van der Waals surface area contributed by atoms with Gasteiger partial charge in [-0.2, -0.15) is 0 Å². The lowest BCUT2D eigenvalue weighted by atomic mass is 9.86. The average molecular weight is 179 g/mol. The number of methoxy groups -OCH3 is 1. The minimum Gasteiger partial charge on any atom is -0.495 e. The van der Waals surface area contributed by atoms with Crippen molar-refractivity contribution in [3.63, 3.8) is 0 Å². The Morgan fingerprint density at radius 2 is 1.85 bits per heavy atom. The summed E-state index contributed by atoms with van der Waals surface area (Å²) in [5, 5.41) is 0. The summed E-state index contributed by atoms with van der Waals surface area (Å²) in [6.07, 6.45) is 0. The molecule has 0 aliphatic carbocycles. The molecule has 0 aliphatic rings. The topological polar surface area (TPSA) is 35.2 Å². The van der Waals surface area contributed by atoms with Crippen LogP contribution in [0.25, 0.3) is 0 Å². The lowest BCUT2D eigenvalue weighted by Crippen LogP contribution is -2.14. The van der Waals surface area contributed by atoms with E-state index in [9.17, 15) is 0 Å². The number of hydrogen-bond acceptors (Lipinski definition) is 2. The van der Waals surface area contributed by atoms with Crippen molar-refractivity contribution in [3.8, 4) is 5.75 Å². The first-order valence-corrected chi connectivity index (χ1v) is 4.40. The monoisotopic (exact) mass is 179 g/mol. The van der Waals surface area contributed by atoms with Crippen LogP contribution >= 0.6 is 0 Å². The van der Waals surface area contributed by atoms with E-state index in [0.29, 0.717) is 0 Å². The molecule has 0 unspecified atom stereocenters. The fraction of sp³-hybridized carbons (Fsp3) is 0.455. The second-order valence-electron chi connectivity index (χ2n) is 4.17. The zero-order chi connectivity index (χ0) is 10.1. The van der Waals surface area contributed by atoms with Crippen LogP contribution in [0.15, 0.2) is 18.2 Å². The fourth-order valence-corrected chi connectivity index (χ4v) is 1.38. The average Bonchev–Trinajstić information content (AvgIpc) is 2.02. The Kier molecular flexibility index (Phi) is 2.50. The zero-order valence-electron chi connectivity index (χ0n) is 8.72. The fourth-order valence-electron chi connectivity index (χ4n) is 1.38. The molecule has 0 spiro atoms. The van der Waals surface area contributed by atoms with E-state index >= 15 is 0 Å². The van der Waals surface area contributed by atoms with Gasteiger partial charge in [0.25, 0.3) is 0 Å². The molecule has 0 bridgehead atoms. The molecule has 0 fully saturated rings. The molecular formula is C11H17NO. The normalized spacial score (nSPS) is 11.4. The highest BCUT2D eigenvalue weighted by Crippen LogP contribution is 2.33. The van der Waals surface area contributed by atoms with Gasteiger partial charge < -0.3 is 10.5 Å². The smallest absolute Gasteiger partial charge is 0.142 e. The molecule has 2 nitrogen and oxygen atoms in total.